The number of ether oxygens (including phenoxy) is 1. The topological polar surface area (TPSA) is 71.0 Å². The van der Waals surface area contributed by atoms with E-state index in [9.17, 15) is 22.8 Å². The van der Waals surface area contributed by atoms with Crippen molar-refractivity contribution in [1.29, 1.82) is 0 Å². The summed E-state index contributed by atoms with van der Waals surface area (Å²) in [5, 5.41) is 8.33. The highest BCUT2D eigenvalue weighted by atomic mass is 35.5. The molecule has 0 radical (unpaired) electrons. The molecule has 1 atom stereocenters. The van der Waals surface area contributed by atoms with Gasteiger partial charge in [0, 0.05) is 23.2 Å². The molecule has 1 aliphatic rings. The Morgan fingerprint density at radius 3 is 2.27 bits per heavy atom. The zero-order chi connectivity index (χ0) is 22.1. The number of halogens is 4. The van der Waals surface area contributed by atoms with E-state index in [0.717, 1.165) is 29.3 Å². The first-order valence-electron chi connectivity index (χ1n) is 8.78. The number of alkyl halides is 3. The monoisotopic (exact) mass is 439 g/mol. The molecular formula is C20H17ClF3N3O3. The van der Waals surface area contributed by atoms with E-state index in [1.807, 2.05) is 0 Å². The van der Waals surface area contributed by atoms with Crippen molar-refractivity contribution in [3.8, 4) is 0 Å². The molecule has 10 heteroatoms. The smallest absolute Gasteiger partial charge is 0.416 e. The summed E-state index contributed by atoms with van der Waals surface area (Å²) in [7, 11) is 0. The predicted molar refractivity (Wildman–Crippen MR) is 105 cm³/mol. The van der Waals surface area contributed by atoms with Crippen LogP contribution in [-0.2, 0) is 15.7 Å². The molecule has 158 valence electrons. The standard InChI is InChI=1S/C20H17ClF3N3O3/c1-12(28)30-19(2)11-27(26-17(19)13-3-7-15(21)8-4-13)18(29)25-16-9-5-14(6-10-16)20(22,23)24/h3-10H,11H2,1-2H3,(H,25,29). The summed E-state index contributed by atoms with van der Waals surface area (Å²) in [4.78, 5) is 24.2. The minimum atomic E-state index is -4.47. The molecule has 1 aliphatic heterocycles. The molecule has 0 saturated heterocycles. The van der Waals surface area contributed by atoms with Crippen molar-refractivity contribution in [2.45, 2.75) is 25.6 Å². The van der Waals surface area contributed by atoms with E-state index in [2.05, 4.69) is 10.4 Å². The van der Waals surface area contributed by atoms with Crippen LogP contribution in [-0.4, -0.2) is 34.9 Å². The van der Waals surface area contributed by atoms with E-state index in [0.29, 0.717) is 16.3 Å². The number of urea groups is 1. The van der Waals surface area contributed by atoms with Crippen LogP contribution in [0.4, 0.5) is 23.7 Å². The van der Waals surface area contributed by atoms with Gasteiger partial charge in [-0.25, -0.2) is 9.80 Å². The number of amides is 2. The van der Waals surface area contributed by atoms with Crippen molar-refractivity contribution in [3.05, 3.63) is 64.7 Å². The molecule has 1 unspecified atom stereocenters. The second-order valence-electron chi connectivity index (χ2n) is 6.84. The van der Waals surface area contributed by atoms with Crippen LogP contribution >= 0.6 is 11.6 Å². The Bertz CT molecular complexity index is 991. The zero-order valence-electron chi connectivity index (χ0n) is 16.0. The van der Waals surface area contributed by atoms with E-state index in [4.69, 9.17) is 16.3 Å². The predicted octanol–water partition coefficient (Wildman–Crippen LogP) is 4.93. The van der Waals surface area contributed by atoms with Gasteiger partial charge >= 0.3 is 18.2 Å². The summed E-state index contributed by atoms with van der Waals surface area (Å²) < 4.78 is 43.5. The lowest BCUT2D eigenvalue weighted by Crippen LogP contribution is -2.44. The fourth-order valence-corrected chi connectivity index (χ4v) is 3.16. The summed E-state index contributed by atoms with van der Waals surface area (Å²) in [5.41, 5.74) is -0.925. The van der Waals surface area contributed by atoms with Crippen LogP contribution in [0.2, 0.25) is 5.02 Å². The van der Waals surface area contributed by atoms with Gasteiger partial charge in [0.1, 0.15) is 5.71 Å². The minimum Gasteiger partial charge on any atom is -0.451 e. The van der Waals surface area contributed by atoms with Crippen molar-refractivity contribution >= 4 is 35.0 Å². The van der Waals surface area contributed by atoms with Crippen LogP contribution in [0.5, 0.6) is 0 Å². The van der Waals surface area contributed by atoms with E-state index < -0.39 is 29.3 Å². The molecular weight excluding hydrogens is 423 g/mol. The number of nitrogens with one attached hydrogen (secondary N) is 1. The van der Waals surface area contributed by atoms with Crippen molar-refractivity contribution in [3.63, 3.8) is 0 Å². The molecule has 0 bridgehead atoms. The number of anilines is 1. The lowest BCUT2D eigenvalue weighted by atomic mass is 9.94. The number of benzene rings is 2. The number of hydrogen-bond acceptors (Lipinski definition) is 4. The van der Waals surface area contributed by atoms with Crippen LogP contribution in [0.3, 0.4) is 0 Å². The molecule has 3 rings (SSSR count). The minimum absolute atomic E-state index is 0.0724. The zero-order valence-corrected chi connectivity index (χ0v) is 16.7. The maximum atomic E-state index is 12.7. The van der Waals surface area contributed by atoms with Gasteiger partial charge in [-0.3, -0.25) is 4.79 Å². The van der Waals surface area contributed by atoms with Gasteiger partial charge in [0.2, 0.25) is 0 Å². The van der Waals surface area contributed by atoms with Crippen molar-refractivity contribution < 1.29 is 27.5 Å². The molecule has 0 spiro atoms. The van der Waals surface area contributed by atoms with Crippen molar-refractivity contribution in [2.24, 2.45) is 5.10 Å². The highest BCUT2D eigenvalue weighted by molar-refractivity contribution is 6.30. The van der Waals surface area contributed by atoms with Crippen molar-refractivity contribution in [2.75, 3.05) is 11.9 Å². The van der Waals surface area contributed by atoms with Gasteiger partial charge in [-0.05, 0) is 43.3 Å². The largest absolute Gasteiger partial charge is 0.451 e. The van der Waals surface area contributed by atoms with E-state index in [1.165, 1.54) is 6.92 Å². The lowest BCUT2D eigenvalue weighted by Gasteiger charge is -2.26. The molecule has 2 amide bonds. The molecule has 0 fully saturated rings. The van der Waals surface area contributed by atoms with Crippen LogP contribution in [0.25, 0.3) is 0 Å². The molecule has 30 heavy (non-hydrogen) atoms. The Labute approximate surface area is 175 Å². The molecule has 0 saturated carbocycles. The number of carbonyl (C=O) groups is 2. The summed E-state index contributed by atoms with van der Waals surface area (Å²) in [6.45, 7) is 2.79. The molecule has 0 aromatic heterocycles. The van der Waals surface area contributed by atoms with Gasteiger partial charge in [0.25, 0.3) is 0 Å². The number of rotatable bonds is 3. The van der Waals surface area contributed by atoms with Crippen LogP contribution in [0.15, 0.2) is 53.6 Å². The van der Waals surface area contributed by atoms with Gasteiger partial charge in [-0.15, -0.1) is 0 Å². The van der Waals surface area contributed by atoms with Crippen LogP contribution in [0, 0.1) is 0 Å². The van der Waals surface area contributed by atoms with Gasteiger partial charge in [-0.2, -0.15) is 18.3 Å². The first-order valence-corrected chi connectivity index (χ1v) is 9.16. The number of carbonyl (C=O) groups excluding carboxylic acids is 2. The third kappa shape index (κ3) is 4.73. The number of nitrogens with zero attached hydrogens (tertiary/aromatic N) is 2. The molecule has 0 aliphatic carbocycles. The fraction of sp³-hybridized carbons (Fsp3) is 0.250. The summed E-state index contributed by atoms with van der Waals surface area (Å²) in [6.07, 6.45) is -4.47. The molecule has 1 N–H and O–H groups in total. The Kier molecular flexibility index (Phi) is 5.76. The number of hydrazone groups is 1. The second-order valence-corrected chi connectivity index (χ2v) is 7.28. The maximum absolute atomic E-state index is 12.7. The van der Waals surface area contributed by atoms with Crippen LogP contribution in [0.1, 0.15) is 25.0 Å². The lowest BCUT2D eigenvalue weighted by molar-refractivity contribution is -0.149. The summed E-state index contributed by atoms with van der Waals surface area (Å²) in [5.74, 6) is -0.552. The Morgan fingerprint density at radius 2 is 1.73 bits per heavy atom. The van der Waals surface area contributed by atoms with Gasteiger partial charge in [0.15, 0.2) is 5.60 Å². The quantitative estimate of drug-likeness (QED) is 0.689. The fourth-order valence-electron chi connectivity index (χ4n) is 3.04. The Balaban J connectivity index is 1.83. The number of esters is 1. The average Bonchev–Trinajstić information content (AvgIpc) is 2.98. The maximum Gasteiger partial charge on any atom is 0.416 e. The van der Waals surface area contributed by atoms with Crippen LogP contribution < -0.4 is 5.32 Å². The van der Waals surface area contributed by atoms with Gasteiger partial charge in [-0.1, -0.05) is 23.7 Å². The third-order valence-electron chi connectivity index (χ3n) is 4.36. The third-order valence-corrected chi connectivity index (χ3v) is 4.61. The van der Waals surface area contributed by atoms with Gasteiger partial charge < -0.3 is 10.1 Å². The molecule has 2 aromatic rings. The molecule has 2 aromatic carbocycles. The van der Waals surface area contributed by atoms with E-state index in [-0.39, 0.29) is 12.2 Å². The molecule has 1 heterocycles. The first-order chi connectivity index (χ1) is 14.0. The highest BCUT2D eigenvalue weighted by Gasteiger charge is 2.44. The van der Waals surface area contributed by atoms with Crippen molar-refractivity contribution in [1.82, 2.24) is 5.01 Å². The SMILES string of the molecule is CC(=O)OC1(C)CN(C(=O)Nc2ccc(C(F)(F)F)cc2)N=C1c1ccc(Cl)cc1. The first kappa shape index (κ1) is 21.6. The summed E-state index contributed by atoms with van der Waals surface area (Å²) in [6, 6.07) is 9.97. The van der Waals surface area contributed by atoms with E-state index >= 15 is 0 Å². The molecule has 6 nitrogen and oxygen atoms in total. The second kappa shape index (κ2) is 7.98. The Morgan fingerprint density at radius 1 is 1.13 bits per heavy atom. The van der Waals surface area contributed by atoms with Gasteiger partial charge in [0.05, 0.1) is 12.1 Å². The summed E-state index contributed by atoms with van der Waals surface area (Å²) >= 11 is 5.91. The van der Waals surface area contributed by atoms with E-state index in [1.54, 1.807) is 31.2 Å². The highest BCUT2D eigenvalue weighted by Crippen LogP contribution is 2.31. The normalized spacial score (nSPS) is 18.7. The number of hydrogen-bond donors (Lipinski definition) is 1. The Hall–Kier alpha value is -3.07. The average molecular weight is 440 g/mol.